The molecule has 0 fully saturated rings. The van der Waals surface area contributed by atoms with Crippen LogP contribution in [-0.2, 0) is 5.41 Å². The van der Waals surface area contributed by atoms with Crippen molar-refractivity contribution >= 4 is 43.6 Å². The lowest BCUT2D eigenvalue weighted by Gasteiger charge is -2.21. The molecule has 0 amide bonds. The average Bonchev–Trinajstić information content (AvgIpc) is 3.77. The van der Waals surface area contributed by atoms with Crippen molar-refractivity contribution in [2.24, 2.45) is 0 Å². The molecule has 238 valence electrons. The Morgan fingerprint density at radius 1 is 0.471 bits per heavy atom. The van der Waals surface area contributed by atoms with E-state index in [1.165, 1.54) is 27.5 Å². The highest BCUT2D eigenvalue weighted by Crippen LogP contribution is 2.53. The summed E-state index contributed by atoms with van der Waals surface area (Å²) in [7, 11) is 0. The SMILES string of the molecule is CC1(C)c2ccc(C#N)cc2-c2c1ccc1c2c2ccccc2n1-c1cccc(-c2cccc(-n3c4ccccc4c4cc(C#N)ccc43)c2)c1. The zero-order valence-electron chi connectivity index (χ0n) is 28.1. The smallest absolute Gasteiger partial charge is 0.0991 e. The van der Waals surface area contributed by atoms with Crippen LogP contribution in [0.5, 0.6) is 0 Å². The third-order valence-electron chi connectivity index (χ3n) is 10.9. The second-order valence-corrected chi connectivity index (χ2v) is 14.0. The van der Waals surface area contributed by atoms with E-state index in [2.05, 4.69) is 163 Å². The van der Waals surface area contributed by atoms with Crippen molar-refractivity contribution in [2.75, 3.05) is 0 Å². The molecule has 7 aromatic carbocycles. The van der Waals surface area contributed by atoms with Gasteiger partial charge in [-0.05, 0) is 106 Å². The Morgan fingerprint density at radius 2 is 1.02 bits per heavy atom. The third kappa shape index (κ3) is 4.05. The summed E-state index contributed by atoms with van der Waals surface area (Å²) in [5.41, 5.74) is 15.0. The maximum atomic E-state index is 9.82. The van der Waals surface area contributed by atoms with E-state index in [-0.39, 0.29) is 5.41 Å². The minimum absolute atomic E-state index is 0.171. The molecular formula is C47H30N4. The second kappa shape index (κ2) is 10.6. The molecule has 0 saturated heterocycles. The van der Waals surface area contributed by atoms with Crippen molar-refractivity contribution in [3.8, 4) is 45.8 Å². The van der Waals surface area contributed by atoms with Crippen LogP contribution in [0, 0.1) is 22.7 Å². The monoisotopic (exact) mass is 650 g/mol. The van der Waals surface area contributed by atoms with Gasteiger partial charge in [0.05, 0.1) is 45.3 Å². The number of nitrogens with zero attached hydrogens (tertiary/aromatic N) is 4. The number of hydrogen-bond acceptors (Lipinski definition) is 2. The highest BCUT2D eigenvalue weighted by molar-refractivity contribution is 6.18. The molecule has 4 heteroatoms. The van der Waals surface area contributed by atoms with Crippen LogP contribution in [0.2, 0.25) is 0 Å². The quantitative estimate of drug-likeness (QED) is 0.191. The Balaban J connectivity index is 1.17. The van der Waals surface area contributed by atoms with Crippen molar-refractivity contribution in [3.63, 3.8) is 0 Å². The van der Waals surface area contributed by atoms with Gasteiger partial charge in [0, 0.05) is 38.3 Å². The van der Waals surface area contributed by atoms with Gasteiger partial charge < -0.3 is 9.13 Å². The first-order valence-corrected chi connectivity index (χ1v) is 17.2. The van der Waals surface area contributed by atoms with Gasteiger partial charge in [0.15, 0.2) is 0 Å². The molecule has 1 aliphatic rings. The minimum Gasteiger partial charge on any atom is -0.309 e. The molecule has 0 atom stereocenters. The zero-order chi connectivity index (χ0) is 34.4. The number of fused-ring (bicyclic) bond motifs is 10. The Kier molecular flexibility index (Phi) is 6.02. The maximum Gasteiger partial charge on any atom is 0.0991 e. The molecule has 2 heterocycles. The van der Waals surface area contributed by atoms with Crippen LogP contribution < -0.4 is 0 Å². The lowest BCUT2D eigenvalue weighted by atomic mass is 9.82. The number of hydrogen-bond donors (Lipinski definition) is 0. The molecule has 10 rings (SSSR count). The van der Waals surface area contributed by atoms with E-state index in [0.717, 1.165) is 60.9 Å². The van der Waals surface area contributed by atoms with E-state index in [1.807, 2.05) is 18.2 Å². The summed E-state index contributed by atoms with van der Waals surface area (Å²) in [4.78, 5) is 0. The first-order chi connectivity index (χ1) is 25.0. The first kappa shape index (κ1) is 29.1. The van der Waals surface area contributed by atoms with Crippen LogP contribution in [0.1, 0.15) is 36.1 Å². The summed E-state index contributed by atoms with van der Waals surface area (Å²) in [5.74, 6) is 0. The van der Waals surface area contributed by atoms with Crippen molar-refractivity contribution in [1.82, 2.24) is 9.13 Å². The Labute approximate surface area is 295 Å². The molecule has 9 aromatic rings. The predicted molar refractivity (Wildman–Crippen MR) is 208 cm³/mol. The molecule has 0 radical (unpaired) electrons. The molecule has 0 saturated carbocycles. The molecule has 4 nitrogen and oxygen atoms in total. The number of nitriles is 2. The topological polar surface area (TPSA) is 57.4 Å². The standard InChI is InChI=1S/C47H30N4/c1-47(2)39-19-17-29(27-48)24-38(39)45-40(47)20-22-44-46(45)36-14-4-6-16-42(36)51(44)34-12-8-10-32(26-34)31-9-7-11-33(25-31)50-41-15-5-3-13-35(41)37-23-30(28-49)18-21-43(37)50/h3-26H,1-2H3. The largest absolute Gasteiger partial charge is 0.309 e. The van der Waals surface area contributed by atoms with Gasteiger partial charge in [0.25, 0.3) is 0 Å². The molecular weight excluding hydrogens is 621 g/mol. The molecule has 0 unspecified atom stereocenters. The molecule has 2 aromatic heterocycles. The Hall–Kier alpha value is -6.88. The van der Waals surface area contributed by atoms with Gasteiger partial charge in [0.1, 0.15) is 0 Å². The van der Waals surface area contributed by atoms with Crippen molar-refractivity contribution < 1.29 is 0 Å². The van der Waals surface area contributed by atoms with Crippen LogP contribution in [0.15, 0.2) is 146 Å². The van der Waals surface area contributed by atoms with Gasteiger partial charge in [-0.2, -0.15) is 10.5 Å². The molecule has 0 spiro atoms. The molecule has 51 heavy (non-hydrogen) atoms. The second-order valence-electron chi connectivity index (χ2n) is 14.0. The summed E-state index contributed by atoms with van der Waals surface area (Å²) < 4.78 is 4.68. The zero-order valence-corrected chi connectivity index (χ0v) is 28.1. The summed E-state index contributed by atoms with van der Waals surface area (Å²) >= 11 is 0. The summed E-state index contributed by atoms with van der Waals surface area (Å²) in [6.45, 7) is 4.57. The van der Waals surface area contributed by atoms with E-state index in [4.69, 9.17) is 0 Å². The van der Waals surface area contributed by atoms with E-state index in [9.17, 15) is 10.5 Å². The van der Waals surface area contributed by atoms with E-state index in [0.29, 0.717) is 11.1 Å². The molecule has 1 aliphatic carbocycles. The van der Waals surface area contributed by atoms with Crippen LogP contribution >= 0.6 is 0 Å². The summed E-state index contributed by atoms with van der Waals surface area (Å²) in [6.07, 6.45) is 0. The molecule has 0 N–H and O–H groups in total. The summed E-state index contributed by atoms with van der Waals surface area (Å²) in [5, 5.41) is 24.1. The minimum atomic E-state index is -0.171. The van der Waals surface area contributed by atoms with Crippen LogP contribution in [-0.4, -0.2) is 9.13 Å². The average molecular weight is 651 g/mol. The lowest BCUT2D eigenvalue weighted by Crippen LogP contribution is -2.14. The van der Waals surface area contributed by atoms with Gasteiger partial charge in [-0.15, -0.1) is 0 Å². The van der Waals surface area contributed by atoms with Crippen molar-refractivity contribution in [3.05, 3.63) is 168 Å². The number of benzene rings is 7. The summed E-state index contributed by atoms with van der Waals surface area (Å²) in [6, 6.07) is 55.9. The van der Waals surface area contributed by atoms with E-state index < -0.39 is 0 Å². The van der Waals surface area contributed by atoms with Crippen LogP contribution in [0.25, 0.3) is 77.2 Å². The van der Waals surface area contributed by atoms with E-state index in [1.54, 1.807) is 0 Å². The van der Waals surface area contributed by atoms with Crippen molar-refractivity contribution in [1.29, 1.82) is 10.5 Å². The molecule has 0 bridgehead atoms. The fourth-order valence-electron chi connectivity index (χ4n) is 8.62. The highest BCUT2D eigenvalue weighted by atomic mass is 15.0. The van der Waals surface area contributed by atoms with Gasteiger partial charge in [-0.25, -0.2) is 0 Å². The third-order valence-corrected chi connectivity index (χ3v) is 10.9. The van der Waals surface area contributed by atoms with Gasteiger partial charge >= 0.3 is 0 Å². The van der Waals surface area contributed by atoms with Crippen molar-refractivity contribution in [2.45, 2.75) is 19.3 Å². The number of aromatic nitrogens is 2. The van der Waals surface area contributed by atoms with Gasteiger partial charge in [-0.3, -0.25) is 0 Å². The maximum absolute atomic E-state index is 9.82. The fraction of sp³-hybridized carbons (Fsp3) is 0.0638. The van der Waals surface area contributed by atoms with Crippen LogP contribution in [0.4, 0.5) is 0 Å². The molecule has 0 aliphatic heterocycles. The Morgan fingerprint density at radius 3 is 1.73 bits per heavy atom. The fourth-order valence-corrected chi connectivity index (χ4v) is 8.62. The lowest BCUT2D eigenvalue weighted by molar-refractivity contribution is 0.661. The Bertz CT molecular complexity index is 3030. The number of rotatable bonds is 3. The van der Waals surface area contributed by atoms with Gasteiger partial charge in [-0.1, -0.05) is 86.6 Å². The number of para-hydroxylation sites is 2. The first-order valence-electron chi connectivity index (χ1n) is 17.2. The van der Waals surface area contributed by atoms with Crippen LogP contribution in [0.3, 0.4) is 0 Å². The normalized spacial score (nSPS) is 13.0. The predicted octanol–water partition coefficient (Wildman–Crippen LogP) is 11.6. The highest BCUT2D eigenvalue weighted by Gasteiger charge is 2.37. The van der Waals surface area contributed by atoms with Gasteiger partial charge in [0.2, 0.25) is 0 Å². The van der Waals surface area contributed by atoms with E-state index >= 15 is 0 Å².